The number of benzene rings is 2. The summed E-state index contributed by atoms with van der Waals surface area (Å²) in [6.07, 6.45) is 1.15. The van der Waals surface area contributed by atoms with Crippen LogP contribution >= 0.6 is 0 Å². The van der Waals surface area contributed by atoms with Crippen molar-refractivity contribution in [2.45, 2.75) is 40.2 Å². The standard InChI is InChI=1S/C19H25NO/c1-5-17(21-18-10-7-14(2)8-11-18)13-20-19-12-15(3)6-9-16(19)4/h6-12,17,20H,5,13H2,1-4H3. The van der Waals surface area contributed by atoms with Crippen molar-refractivity contribution >= 4 is 5.69 Å². The number of nitrogens with one attached hydrogen (secondary N) is 1. The molecule has 112 valence electrons. The Morgan fingerprint density at radius 3 is 2.29 bits per heavy atom. The lowest BCUT2D eigenvalue weighted by atomic mass is 10.1. The van der Waals surface area contributed by atoms with Crippen molar-refractivity contribution in [3.05, 3.63) is 59.2 Å². The predicted molar refractivity (Wildman–Crippen MR) is 90.3 cm³/mol. The van der Waals surface area contributed by atoms with Crippen molar-refractivity contribution in [1.29, 1.82) is 0 Å². The third kappa shape index (κ3) is 4.52. The van der Waals surface area contributed by atoms with Gasteiger partial charge in [-0.3, -0.25) is 0 Å². The van der Waals surface area contributed by atoms with Crippen LogP contribution in [-0.4, -0.2) is 12.6 Å². The summed E-state index contributed by atoms with van der Waals surface area (Å²) < 4.78 is 6.05. The van der Waals surface area contributed by atoms with Crippen LogP contribution in [0.15, 0.2) is 42.5 Å². The Morgan fingerprint density at radius 2 is 1.62 bits per heavy atom. The first kappa shape index (κ1) is 15.4. The van der Waals surface area contributed by atoms with Crippen LogP contribution in [0.1, 0.15) is 30.0 Å². The minimum Gasteiger partial charge on any atom is -0.489 e. The van der Waals surface area contributed by atoms with Crippen LogP contribution in [-0.2, 0) is 0 Å². The van der Waals surface area contributed by atoms with Crippen molar-refractivity contribution in [2.75, 3.05) is 11.9 Å². The third-order valence-corrected chi connectivity index (χ3v) is 3.69. The van der Waals surface area contributed by atoms with Crippen molar-refractivity contribution in [2.24, 2.45) is 0 Å². The Morgan fingerprint density at radius 1 is 0.952 bits per heavy atom. The third-order valence-electron chi connectivity index (χ3n) is 3.69. The van der Waals surface area contributed by atoms with E-state index >= 15 is 0 Å². The first-order chi connectivity index (χ1) is 10.1. The maximum atomic E-state index is 6.05. The molecular weight excluding hydrogens is 258 g/mol. The molecule has 0 saturated carbocycles. The molecule has 21 heavy (non-hydrogen) atoms. The molecule has 0 amide bonds. The molecule has 0 spiro atoms. The summed E-state index contributed by atoms with van der Waals surface area (Å²) in [5.41, 5.74) is 4.99. The van der Waals surface area contributed by atoms with Gasteiger partial charge in [0.1, 0.15) is 11.9 Å². The zero-order valence-electron chi connectivity index (χ0n) is 13.4. The maximum Gasteiger partial charge on any atom is 0.119 e. The molecule has 0 heterocycles. The summed E-state index contributed by atoms with van der Waals surface area (Å²) >= 11 is 0. The molecule has 1 atom stereocenters. The molecule has 0 radical (unpaired) electrons. The monoisotopic (exact) mass is 283 g/mol. The fraction of sp³-hybridized carbons (Fsp3) is 0.368. The van der Waals surface area contributed by atoms with Gasteiger partial charge in [-0.25, -0.2) is 0 Å². The Labute approximate surface area is 128 Å². The SMILES string of the molecule is CCC(CNc1cc(C)ccc1C)Oc1ccc(C)cc1. The van der Waals surface area contributed by atoms with Gasteiger partial charge in [-0.05, 0) is 56.5 Å². The van der Waals surface area contributed by atoms with E-state index in [4.69, 9.17) is 4.74 Å². The van der Waals surface area contributed by atoms with Crippen molar-refractivity contribution in [3.8, 4) is 5.75 Å². The molecule has 0 saturated heterocycles. The number of aryl methyl sites for hydroxylation is 3. The Bertz CT molecular complexity index is 575. The summed E-state index contributed by atoms with van der Waals surface area (Å²) in [6, 6.07) is 14.7. The van der Waals surface area contributed by atoms with Crippen LogP contribution < -0.4 is 10.1 Å². The van der Waals surface area contributed by atoms with Crippen molar-refractivity contribution in [3.63, 3.8) is 0 Å². The van der Waals surface area contributed by atoms with Gasteiger partial charge in [0.05, 0.1) is 6.54 Å². The highest BCUT2D eigenvalue weighted by atomic mass is 16.5. The van der Waals surface area contributed by atoms with Crippen LogP contribution in [0.5, 0.6) is 5.75 Å². The van der Waals surface area contributed by atoms with E-state index in [1.54, 1.807) is 0 Å². The Balaban J connectivity index is 1.96. The number of ether oxygens (including phenoxy) is 1. The molecule has 0 aliphatic rings. The molecule has 1 unspecified atom stereocenters. The van der Waals surface area contributed by atoms with Crippen molar-refractivity contribution in [1.82, 2.24) is 0 Å². The molecule has 2 nitrogen and oxygen atoms in total. The van der Waals surface area contributed by atoms with Gasteiger partial charge in [0.25, 0.3) is 0 Å². The quantitative estimate of drug-likeness (QED) is 0.815. The number of rotatable bonds is 6. The molecule has 0 aliphatic heterocycles. The second kappa shape index (κ2) is 7.16. The van der Waals surface area contributed by atoms with E-state index in [0.717, 1.165) is 18.7 Å². The molecule has 0 aromatic heterocycles. The maximum absolute atomic E-state index is 6.05. The van der Waals surface area contributed by atoms with Crippen LogP contribution in [0.2, 0.25) is 0 Å². The summed E-state index contributed by atoms with van der Waals surface area (Å²) in [5, 5.41) is 3.51. The van der Waals surface area contributed by atoms with Gasteiger partial charge in [-0.2, -0.15) is 0 Å². The summed E-state index contributed by atoms with van der Waals surface area (Å²) in [4.78, 5) is 0. The predicted octanol–water partition coefficient (Wildman–Crippen LogP) is 4.88. The zero-order chi connectivity index (χ0) is 15.2. The molecule has 2 aromatic carbocycles. The molecular formula is C19H25NO. The molecule has 0 bridgehead atoms. The average Bonchev–Trinajstić information content (AvgIpc) is 2.48. The smallest absolute Gasteiger partial charge is 0.119 e. The topological polar surface area (TPSA) is 21.3 Å². The van der Waals surface area contributed by atoms with Crippen LogP contribution in [0.25, 0.3) is 0 Å². The number of anilines is 1. The molecule has 2 aromatic rings. The van der Waals surface area contributed by atoms with Gasteiger partial charge in [0.15, 0.2) is 0 Å². The lowest BCUT2D eigenvalue weighted by Crippen LogP contribution is -2.25. The summed E-state index contributed by atoms with van der Waals surface area (Å²) in [7, 11) is 0. The van der Waals surface area contributed by atoms with E-state index in [9.17, 15) is 0 Å². The highest BCUT2D eigenvalue weighted by molar-refractivity contribution is 5.52. The van der Waals surface area contributed by atoms with Gasteiger partial charge in [-0.15, -0.1) is 0 Å². The van der Waals surface area contributed by atoms with Gasteiger partial charge in [-0.1, -0.05) is 36.8 Å². The highest BCUT2D eigenvalue weighted by Crippen LogP contribution is 2.18. The minimum absolute atomic E-state index is 0.174. The van der Waals surface area contributed by atoms with Gasteiger partial charge < -0.3 is 10.1 Å². The second-order valence-corrected chi connectivity index (χ2v) is 5.66. The molecule has 1 N–H and O–H groups in total. The van der Waals surface area contributed by atoms with Gasteiger partial charge in [0.2, 0.25) is 0 Å². The zero-order valence-corrected chi connectivity index (χ0v) is 13.4. The van der Waals surface area contributed by atoms with Gasteiger partial charge in [0, 0.05) is 5.69 Å². The normalized spacial score (nSPS) is 12.0. The fourth-order valence-electron chi connectivity index (χ4n) is 2.23. The van der Waals surface area contributed by atoms with E-state index in [2.05, 4.69) is 63.3 Å². The first-order valence-electron chi connectivity index (χ1n) is 7.63. The summed E-state index contributed by atoms with van der Waals surface area (Å²) in [5.74, 6) is 0.940. The van der Waals surface area contributed by atoms with Crippen LogP contribution in [0.3, 0.4) is 0 Å². The second-order valence-electron chi connectivity index (χ2n) is 5.66. The molecule has 0 aliphatic carbocycles. The average molecular weight is 283 g/mol. The minimum atomic E-state index is 0.174. The van der Waals surface area contributed by atoms with Crippen LogP contribution in [0, 0.1) is 20.8 Å². The number of hydrogen-bond acceptors (Lipinski definition) is 2. The Hall–Kier alpha value is -1.96. The largest absolute Gasteiger partial charge is 0.489 e. The van der Waals surface area contributed by atoms with E-state index in [-0.39, 0.29) is 6.10 Å². The van der Waals surface area contributed by atoms with Crippen LogP contribution in [0.4, 0.5) is 5.69 Å². The van der Waals surface area contributed by atoms with E-state index in [0.29, 0.717) is 0 Å². The molecule has 2 rings (SSSR count). The lowest BCUT2D eigenvalue weighted by Gasteiger charge is -2.20. The lowest BCUT2D eigenvalue weighted by molar-refractivity contribution is 0.210. The Kier molecular flexibility index (Phi) is 5.26. The number of hydrogen-bond donors (Lipinski definition) is 1. The van der Waals surface area contributed by atoms with E-state index in [1.165, 1.54) is 22.4 Å². The molecule has 2 heteroatoms. The van der Waals surface area contributed by atoms with E-state index < -0.39 is 0 Å². The molecule has 0 fully saturated rings. The fourth-order valence-corrected chi connectivity index (χ4v) is 2.23. The highest BCUT2D eigenvalue weighted by Gasteiger charge is 2.09. The summed E-state index contributed by atoms with van der Waals surface area (Å²) in [6.45, 7) is 9.30. The van der Waals surface area contributed by atoms with Crippen molar-refractivity contribution < 1.29 is 4.74 Å². The van der Waals surface area contributed by atoms with Gasteiger partial charge >= 0.3 is 0 Å². The van der Waals surface area contributed by atoms with E-state index in [1.807, 2.05) is 12.1 Å². The first-order valence-corrected chi connectivity index (χ1v) is 7.63.